The molecule has 0 N–H and O–H groups in total. The number of terminal acetylenes is 1. The van der Waals surface area contributed by atoms with E-state index in [4.69, 9.17) is 6.42 Å². The Bertz CT molecular complexity index is 597. The van der Waals surface area contributed by atoms with Crippen LogP contribution in [-0.2, 0) is 22.4 Å². The van der Waals surface area contributed by atoms with Gasteiger partial charge >= 0.3 is 0 Å². The van der Waals surface area contributed by atoms with Gasteiger partial charge in [-0.25, -0.2) is 0 Å². The van der Waals surface area contributed by atoms with Crippen molar-refractivity contribution in [1.82, 2.24) is 0 Å². The van der Waals surface area contributed by atoms with Crippen LogP contribution in [-0.4, -0.2) is 0 Å². The fourth-order valence-corrected chi connectivity index (χ4v) is 4.89. The topological polar surface area (TPSA) is 0 Å². The minimum absolute atomic E-state index is 0. The second-order valence-corrected chi connectivity index (χ2v) is 7.81. The molecule has 3 aromatic rings. The quantitative estimate of drug-likeness (QED) is 0.189. The zero-order chi connectivity index (χ0) is 18.3. The zero-order valence-corrected chi connectivity index (χ0v) is 18.3. The van der Waals surface area contributed by atoms with Gasteiger partial charge in [0.05, 0.1) is 7.92 Å². The summed E-state index contributed by atoms with van der Waals surface area (Å²) in [5.74, 6) is 0. The normalized spacial score (nSPS) is 8.96. The van der Waals surface area contributed by atoms with Crippen LogP contribution in [0.15, 0.2) is 91.0 Å². The van der Waals surface area contributed by atoms with Gasteiger partial charge in [0, 0.05) is 22.4 Å². The van der Waals surface area contributed by atoms with Crippen LogP contribution in [0.4, 0.5) is 0 Å². The molecular formula is C24H26AuP-. The van der Waals surface area contributed by atoms with Crippen LogP contribution >= 0.6 is 7.92 Å². The third kappa shape index (κ3) is 8.18. The van der Waals surface area contributed by atoms with E-state index in [1.807, 2.05) is 0 Å². The Hall–Kier alpha value is -1.61. The van der Waals surface area contributed by atoms with Crippen molar-refractivity contribution < 1.29 is 22.4 Å². The Labute approximate surface area is 176 Å². The largest absolute Gasteiger partial charge is 0.697 e. The molecule has 0 heterocycles. The van der Waals surface area contributed by atoms with Crippen LogP contribution in [0.5, 0.6) is 0 Å². The molecule has 26 heavy (non-hydrogen) atoms. The number of hydrogen-bond donors (Lipinski definition) is 0. The van der Waals surface area contributed by atoms with Crippen molar-refractivity contribution in [3.8, 4) is 6.42 Å². The minimum atomic E-state index is -0.877. The first-order valence-corrected chi connectivity index (χ1v) is 9.98. The predicted molar refractivity (Wildman–Crippen MR) is 115 cm³/mol. The summed E-state index contributed by atoms with van der Waals surface area (Å²) in [4.78, 5) is 0. The molecule has 0 bridgehead atoms. The van der Waals surface area contributed by atoms with Gasteiger partial charge in [-0.15, -0.1) is 0 Å². The molecule has 0 saturated carbocycles. The molecule has 0 aliphatic heterocycles. The average Bonchev–Trinajstić information content (AvgIpc) is 2.72. The molecule has 3 rings (SSSR count). The number of benzene rings is 3. The van der Waals surface area contributed by atoms with Crippen LogP contribution in [0.2, 0.25) is 0 Å². The molecule has 0 unspecified atom stereocenters. The van der Waals surface area contributed by atoms with Crippen LogP contribution in [0, 0.1) is 19.8 Å². The van der Waals surface area contributed by atoms with E-state index in [0.29, 0.717) is 0 Å². The molecule has 3 aromatic carbocycles. The minimum Gasteiger partial charge on any atom is -0.697 e. The maximum atomic E-state index is 5.25. The number of unbranched alkanes of at least 4 members (excludes halogenated alkanes) is 1. The molecule has 0 atom stereocenters. The monoisotopic (exact) mass is 542 g/mol. The SMILES string of the molecule is [Au].[C-]#C.[CH2-]CCC.c1ccc([PH+](c2ccccc2)c2ccccc2)cc1. The Balaban J connectivity index is 0.000000795. The van der Waals surface area contributed by atoms with Crippen LogP contribution in [0.25, 0.3) is 0 Å². The van der Waals surface area contributed by atoms with Gasteiger partial charge < -0.3 is 19.8 Å². The summed E-state index contributed by atoms with van der Waals surface area (Å²) in [5.41, 5.74) is 0. The standard InChI is InChI=1S/C18H15P.C4H9.C2H.Au/c1-4-10-16(11-5-1)19(17-12-6-2-7-13-17)18-14-8-3-9-15-18;1-3-4-2;1-2;/h1-15H;1,3-4H2,2H3;1H;/q;2*-1;/p+1. The Morgan fingerprint density at radius 3 is 1.12 bits per heavy atom. The van der Waals surface area contributed by atoms with Crippen molar-refractivity contribution in [3.05, 3.63) is 104 Å². The van der Waals surface area contributed by atoms with Gasteiger partial charge in [0.2, 0.25) is 0 Å². The molecule has 1 radical (unpaired) electrons. The van der Waals surface area contributed by atoms with Crippen LogP contribution in [0.1, 0.15) is 19.8 Å². The van der Waals surface area contributed by atoms with Gasteiger partial charge in [0.1, 0.15) is 15.9 Å². The summed E-state index contributed by atoms with van der Waals surface area (Å²) in [5, 5.41) is 4.31. The molecule has 0 aliphatic carbocycles. The molecule has 0 fully saturated rings. The first kappa shape index (κ1) is 24.4. The molecule has 0 aliphatic rings. The van der Waals surface area contributed by atoms with Crippen molar-refractivity contribution in [3.63, 3.8) is 0 Å². The number of hydrogen-bond acceptors (Lipinski definition) is 0. The fraction of sp³-hybridized carbons (Fsp3) is 0.125. The van der Waals surface area contributed by atoms with Gasteiger partial charge in [-0.2, -0.15) is 6.42 Å². The van der Waals surface area contributed by atoms with E-state index >= 15 is 0 Å². The van der Waals surface area contributed by atoms with Crippen molar-refractivity contribution >= 4 is 23.8 Å². The molecular weight excluding hydrogens is 516 g/mol. The van der Waals surface area contributed by atoms with Gasteiger partial charge in [0.15, 0.2) is 0 Å². The third-order valence-electron chi connectivity index (χ3n) is 3.54. The summed E-state index contributed by atoms with van der Waals surface area (Å²) >= 11 is 0. The fourth-order valence-electron chi connectivity index (χ4n) is 2.31. The summed E-state index contributed by atoms with van der Waals surface area (Å²) in [7, 11) is -0.877. The van der Waals surface area contributed by atoms with E-state index in [9.17, 15) is 0 Å². The van der Waals surface area contributed by atoms with Gasteiger partial charge in [-0.1, -0.05) is 67.9 Å². The Morgan fingerprint density at radius 1 is 0.692 bits per heavy atom. The Morgan fingerprint density at radius 2 is 0.923 bits per heavy atom. The van der Waals surface area contributed by atoms with E-state index in [-0.39, 0.29) is 22.4 Å². The Kier molecular flexibility index (Phi) is 14.7. The molecule has 0 amide bonds. The van der Waals surface area contributed by atoms with E-state index in [1.54, 1.807) is 0 Å². The average molecular weight is 542 g/mol. The van der Waals surface area contributed by atoms with Crippen molar-refractivity contribution in [2.75, 3.05) is 0 Å². The smallest absolute Gasteiger partial charge is 0.102 e. The molecule has 0 spiro atoms. The predicted octanol–water partition coefficient (Wildman–Crippen LogP) is 5.00. The third-order valence-corrected chi connectivity index (χ3v) is 6.27. The zero-order valence-electron chi connectivity index (χ0n) is 15.2. The molecule has 0 nitrogen and oxygen atoms in total. The van der Waals surface area contributed by atoms with Crippen molar-refractivity contribution in [2.24, 2.45) is 0 Å². The first-order valence-electron chi connectivity index (χ1n) is 8.48. The van der Waals surface area contributed by atoms with E-state index in [2.05, 4.69) is 111 Å². The maximum absolute atomic E-state index is 5.25. The number of rotatable bonds is 4. The molecule has 0 aromatic heterocycles. The molecule has 0 saturated heterocycles. The van der Waals surface area contributed by atoms with E-state index in [1.165, 1.54) is 22.3 Å². The summed E-state index contributed by atoms with van der Waals surface area (Å²) < 4.78 is 0. The summed E-state index contributed by atoms with van der Waals surface area (Å²) in [6.07, 6.45) is 11.3. The van der Waals surface area contributed by atoms with E-state index < -0.39 is 7.92 Å². The molecule has 2 heteroatoms. The van der Waals surface area contributed by atoms with Crippen molar-refractivity contribution in [1.29, 1.82) is 0 Å². The first-order chi connectivity index (χ1) is 12.4. The van der Waals surface area contributed by atoms with E-state index in [0.717, 1.165) is 6.42 Å². The van der Waals surface area contributed by atoms with Gasteiger partial charge in [0.25, 0.3) is 0 Å². The molecule has 139 valence electrons. The van der Waals surface area contributed by atoms with Gasteiger partial charge in [-0.3, -0.25) is 0 Å². The van der Waals surface area contributed by atoms with Gasteiger partial charge in [-0.05, 0) is 36.4 Å². The second kappa shape index (κ2) is 15.6. The van der Waals surface area contributed by atoms with Crippen LogP contribution < -0.4 is 15.9 Å². The second-order valence-electron chi connectivity index (χ2n) is 5.33. The summed E-state index contributed by atoms with van der Waals surface area (Å²) in [6.45, 7) is 5.72. The van der Waals surface area contributed by atoms with Crippen LogP contribution in [0.3, 0.4) is 0 Å². The van der Waals surface area contributed by atoms with Crippen molar-refractivity contribution in [2.45, 2.75) is 19.8 Å². The summed E-state index contributed by atoms with van der Waals surface area (Å²) in [6, 6.07) is 32.5. The maximum Gasteiger partial charge on any atom is 0.102 e.